The lowest BCUT2D eigenvalue weighted by molar-refractivity contribution is -0.453. The third-order valence-electron chi connectivity index (χ3n) is 5.12. The molecule has 0 aliphatic heterocycles. The van der Waals surface area contributed by atoms with Gasteiger partial charge in [0, 0.05) is 0 Å². The van der Waals surface area contributed by atoms with Gasteiger partial charge >= 0.3 is 12.1 Å². The van der Waals surface area contributed by atoms with E-state index in [2.05, 4.69) is 14.8 Å². The predicted octanol–water partition coefficient (Wildman–Crippen LogP) is 6.08. The summed E-state index contributed by atoms with van der Waals surface area (Å²) in [7, 11) is 0. The molecule has 6 nitrogen and oxygen atoms in total. The molecule has 0 bridgehead atoms. The molecular formula is C22H32O6. The standard InChI is InChI=1S/C22H32O6/c1-2-18-14-16-19(17-15-18)21(23)26-28-27-22(24)25-20-12-10-8-6-4-3-5-7-9-11-13-20/h14-17,20H,2-13H2,1H3. The van der Waals surface area contributed by atoms with Gasteiger partial charge in [-0.3, -0.25) is 4.89 Å². The second kappa shape index (κ2) is 13.2. The highest BCUT2D eigenvalue weighted by Gasteiger charge is 2.18. The van der Waals surface area contributed by atoms with E-state index in [1.807, 2.05) is 19.1 Å². The third-order valence-corrected chi connectivity index (χ3v) is 5.12. The van der Waals surface area contributed by atoms with Crippen molar-refractivity contribution < 1.29 is 29.1 Å². The van der Waals surface area contributed by atoms with Crippen molar-refractivity contribution in [3.63, 3.8) is 0 Å². The molecule has 0 atom stereocenters. The Kier molecular flexibility index (Phi) is 10.4. The van der Waals surface area contributed by atoms with E-state index in [0.29, 0.717) is 5.56 Å². The molecule has 1 aromatic rings. The first kappa shape index (κ1) is 22.2. The number of carbonyl (C=O) groups excluding carboxylic acids is 2. The number of aryl methyl sites for hydroxylation is 1. The van der Waals surface area contributed by atoms with Gasteiger partial charge in [-0.25, -0.2) is 14.5 Å². The summed E-state index contributed by atoms with van der Waals surface area (Å²) in [6.07, 6.45) is 12.1. The molecule has 1 fully saturated rings. The minimum absolute atomic E-state index is 0.187. The third kappa shape index (κ3) is 8.74. The van der Waals surface area contributed by atoms with E-state index in [9.17, 15) is 9.59 Å². The van der Waals surface area contributed by atoms with Crippen LogP contribution in [0.4, 0.5) is 4.79 Å². The van der Waals surface area contributed by atoms with Gasteiger partial charge in [0.2, 0.25) is 0 Å². The lowest BCUT2D eigenvalue weighted by Gasteiger charge is -2.17. The van der Waals surface area contributed by atoms with E-state index in [-0.39, 0.29) is 6.10 Å². The number of benzene rings is 1. The van der Waals surface area contributed by atoms with Gasteiger partial charge in [-0.15, -0.1) is 0 Å². The fraction of sp³-hybridized carbons (Fsp3) is 0.636. The van der Waals surface area contributed by atoms with Crippen LogP contribution in [0.5, 0.6) is 0 Å². The van der Waals surface area contributed by atoms with E-state index in [1.54, 1.807) is 12.1 Å². The molecule has 1 aromatic carbocycles. The van der Waals surface area contributed by atoms with Crippen molar-refractivity contribution in [3.05, 3.63) is 35.4 Å². The number of carbonyl (C=O) groups is 2. The molecule has 0 N–H and O–H groups in total. The molecular weight excluding hydrogens is 360 g/mol. The van der Waals surface area contributed by atoms with Gasteiger partial charge in [0.15, 0.2) is 0 Å². The molecule has 6 heteroatoms. The summed E-state index contributed by atoms with van der Waals surface area (Å²) < 4.78 is 5.34. The summed E-state index contributed by atoms with van der Waals surface area (Å²) in [5.74, 6) is -0.735. The second-order valence-electron chi connectivity index (χ2n) is 7.32. The first-order valence-corrected chi connectivity index (χ1v) is 10.5. The van der Waals surface area contributed by atoms with Crippen LogP contribution in [0.1, 0.15) is 93.5 Å². The Labute approximate surface area is 167 Å². The van der Waals surface area contributed by atoms with Crippen LogP contribution in [-0.2, 0) is 26.0 Å². The summed E-state index contributed by atoms with van der Waals surface area (Å²) in [6, 6.07) is 6.92. The highest BCUT2D eigenvalue weighted by Crippen LogP contribution is 2.19. The maximum absolute atomic E-state index is 11.9. The molecule has 0 unspecified atom stereocenters. The van der Waals surface area contributed by atoms with Crippen molar-refractivity contribution in [2.75, 3.05) is 0 Å². The highest BCUT2D eigenvalue weighted by molar-refractivity contribution is 5.88. The zero-order valence-corrected chi connectivity index (χ0v) is 16.8. The van der Waals surface area contributed by atoms with Crippen LogP contribution in [0, 0.1) is 0 Å². The minimum atomic E-state index is -0.980. The SMILES string of the molecule is CCc1ccc(C(=O)OOOC(=O)OC2CCCCCCCCCCC2)cc1. The van der Waals surface area contributed by atoms with Gasteiger partial charge in [0.05, 0.1) is 10.6 Å². The van der Waals surface area contributed by atoms with E-state index in [4.69, 9.17) is 4.74 Å². The van der Waals surface area contributed by atoms with E-state index < -0.39 is 12.1 Å². The Hall–Kier alpha value is -2.08. The first-order valence-electron chi connectivity index (χ1n) is 10.5. The molecule has 0 spiro atoms. The lowest BCUT2D eigenvalue weighted by Crippen LogP contribution is -2.20. The largest absolute Gasteiger partial charge is 0.543 e. The van der Waals surface area contributed by atoms with Gasteiger partial charge in [-0.2, -0.15) is 0 Å². The van der Waals surface area contributed by atoms with Gasteiger partial charge < -0.3 is 4.74 Å². The summed E-state index contributed by atoms with van der Waals surface area (Å²) in [4.78, 5) is 32.6. The van der Waals surface area contributed by atoms with E-state index in [0.717, 1.165) is 50.5 Å². The van der Waals surface area contributed by atoms with Gasteiger partial charge in [0.25, 0.3) is 0 Å². The topological polar surface area (TPSA) is 71.1 Å². The number of hydrogen-bond donors (Lipinski definition) is 0. The summed E-state index contributed by atoms with van der Waals surface area (Å²) >= 11 is 0. The van der Waals surface area contributed by atoms with Crippen LogP contribution in [0.25, 0.3) is 0 Å². The minimum Gasteiger partial charge on any atom is -0.429 e. The first-order chi connectivity index (χ1) is 13.7. The number of rotatable bonds is 5. The molecule has 0 radical (unpaired) electrons. The molecule has 1 saturated carbocycles. The van der Waals surface area contributed by atoms with E-state index >= 15 is 0 Å². The zero-order chi connectivity index (χ0) is 20.0. The predicted molar refractivity (Wildman–Crippen MR) is 104 cm³/mol. The Morgan fingerprint density at radius 1 is 0.821 bits per heavy atom. The van der Waals surface area contributed by atoms with Crippen LogP contribution in [-0.4, -0.2) is 18.2 Å². The fourth-order valence-corrected chi connectivity index (χ4v) is 3.40. The van der Waals surface area contributed by atoms with Crippen LogP contribution >= 0.6 is 0 Å². The van der Waals surface area contributed by atoms with Crippen molar-refractivity contribution >= 4 is 12.1 Å². The Morgan fingerprint density at radius 2 is 1.36 bits per heavy atom. The summed E-state index contributed by atoms with van der Waals surface area (Å²) in [5, 5.41) is 4.32. The van der Waals surface area contributed by atoms with Gasteiger partial charge in [0.1, 0.15) is 6.10 Å². The van der Waals surface area contributed by atoms with Crippen LogP contribution in [0.2, 0.25) is 0 Å². The maximum Gasteiger partial charge on any atom is 0.543 e. The van der Waals surface area contributed by atoms with Crippen molar-refractivity contribution in [2.45, 2.75) is 90.1 Å². The maximum atomic E-state index is 11.9. The van der Waals surface area contributed by atoms with Crippen molar-refractivity contribution in [1.29, 1.82) is 0 Å². The second-order valence-corrected chi connectivity index (χ2v) is 7.32. The zero-order valence-electron chi connectivity index (χ0n) is 16.8. The molecule has 1 aliphatic carbocycles. The van der Waals surface area contributed by atoms with Crippen molar-refractivity contribution in [1.82, 2.24) is 0 Å². The quantitative estimate of drug-likeness (QED) is 0.344. The molecule has 156 valence electrons. The van der Waals surface area contributed by atoms with Crippen LogP contribution in [0.3, 0.4) is 0 Å². The van der Waals surface area contributed by atoms with Gasteiger partial charge in [-0.05, 0) is 49.8 Å². The Morgan fingerprint density at radius 3 is 1.89 bits per heavy atom. The van der Waals surface area contributed by atoms with Crippen molar-refractivity contribution in [3.8, 4) is 0 Å². The van der Waals surface area contributed by atoms with Crippen LogP contribution in [0.15, 0.2) is 24.3 Å². The highest BCUT2D eigenvalue weighted by atomic mass is 17.5. The average Bonchev–Trinajstić information content (AvgIpc) is 2.70. The fourth-order valence-electron chi connectivity index (χ4n) is 3.40. The summed E-state index contributed by atoms with van der Waals surface area (Å²) in [6.45, 7) is 2.03. The summed E-state index contributed by atoms with van der Waals surface area (Å²) in [5.41, 5.74) is 1.42. The molecule has 0 amide bonds. The van der Waals surface area contributed by atoms with E-state index in [1.165, 1.54) is 32.1 Å². The van der Waals surface area contributed by atoms with Crippen molar-refractivity contribution in [2.24, 2.45) is 0 Å². The molecule has 0 aromatic heterocycles. The molecule has 28 heavy (non-hydrogen) atoms. The smallest absolute Gasteiger partial charge is 0.429 e. The van der Waals surface area contributed by atoms with Crippen LogP contribution < -0.4 is 0 Å². The Bertz CT molecular complexity index is 571. The monoisotopic (exact) mass is 392 g/mol. The number of ether oxygens (including phenoxy) is 1. The molecule has 2 rings (SSSR count). The molecule has 0 heterocycles. The lowest BCUT2D eigenvalue weighted by atomic mass is 9.99. The normalized spacial score (nSPS) is 17.0. The van der Waals surface area contributed by atoms with Gasteiger partial charge in [-0.1, -0.05) is 64.0 Å². The Balaban J connectivity index is 1.69. The molecule has 0 saturated heterocycles. The molecule has 1 aliphatic rings. The average molecular weight is 392 g/mol. The number of hydrogen-bond acceptors (Lipinski definition) is 6.